The number of rotatable bonds is 13. The standard InChI is InChI=1S/C39H49N9O5/c1-44(37(50)34-26-33(14-15-35(34)52-2)48-29-40-42-43-48)27-31(30-10-6-4-7-11-30)16-19-45-20-17-39(18-21-45,32-12-8-5-9-13-32)41-38(51)47-24-22-46(23-25-47)28-36(49)53-3/h4-15,26,29,31H,16-25,27-28H2,1-3H3,(H,41,51). The third-order valence-electron chi connectivity index (χ3n) is 10.6. The summed E-state index contributed by atoms with van der Waals surface area (Å²) in [5.41, 5.74) is 2.90. The number of nitrogens with zero attached hydrogens (tertiary/aromatic N) is 8. The molecule has 0 saturated carbocycles. The number of methoxy groups -OCH3 is 2. The number of carbonyl (C=O) groups is 3. The molecule has 6 rings (SSSR count). The van der Waals surface area contributed by atoms with E-state index in [1.807, 2.05) is 59.3 Å². The number of amides is 3. The lowest BCUT2D eigenvalue weighted by Gasteiger charge is -2.44. The number of carbonyl (C=O) groups excluding carboxylic acids is 3. The first-order valence-electron chi connectivity index (χ1n) is 18.1. The van der Waals surface area contributed by atoms with Crippen LogP contribution in [-0.4, -0.2) is 138 Å². The van der Waals surface area contributed by atoms with Crippen LogP contribution in [0.2, 0.25) is 0 Å². The lowest BCUT2D eigenvalue weighted by Crippen LogP contribution is -2.59. The fraction of sp³-hybridized carbons (Fsp3) is 0.436. The van der Waals surface area contributed by atoms with Crippen molar-refractivity contribution in [3.63, 3.8) is 0 Å². The van der Waals surface area contributed by atoms with Gasteiger partial charge in [0.1, 0.15) is 12.1 Å². The van der Waals surface area contributed by atoms with Gasteiger partial charge in [0, 0.05) is 58.8 Å². The van der Waals surface area contributed by atoms with Crippen LogP contribution >= 0.6 is 0 Å². The van der Waals surface area contributed by atoms with Gasteiger partial charge in [0.05, 0.1) is 37.6 Å². The van der Waals surface area contributed by atoms with Gasteiger partial charge in [-0.1, -0.05) is 60.7 Å². The van der Waals surface area contributed by atoms with Crippen LogP contribution in [0.15, 0.2) is 85.2 Å². The van der Waals surface area contributed by atoms with Gasteiger partial charge in [0.2, 0.25) is 0 Å². The van der Waals surface area contributed by atoms with E-state index in [9.17, 15) is 14.4 Å². The zero-order valence-electron chi connectivity index (χ0n) is 30.8. The Morgan fingerprint density at radius 3 is 2.23 bits per heavy atom. The number of piperazine rings is 1. The number of hydrogen-bond donors (Lipinski definition) is 1. The molecule has 2 aliphatic rings. The number of nitrogens with one attached hydrogen (secondary N) is 1. The van der Waals surface area contributed by atoms with Crippen LogP contribution in [-0.2, 0) is 15.1 Å². The molecule has 0 spiro atoms. The first-order chi connectivity index (χ1) is 25.8. The van der Waals surface area contributed by atoms with Crippen LogP contribution in [0.5, 0.6) is 5.75 Å². The van der Waals surface area contributed by atoms with E-state index in [1.54, 1.807) is 24.1 Å². The molecule has 3 aromatic carbocycles. The Kier molecular flexibility index (Phi) is 12.3. The Morgan fingerprint density at radius 1 is 0.887 bits per heavy atom. The van der Waals surface area contributed by atoms with E-state index in [0.717, 1.165) is 44.5 Å². The molecule has 1 unspecified atom stereocenters. The van der Waals surface area contributed by atoms with Gasteiger partial charge < -0.3 is 29.5 Å². The van der Waals surface area contributed by atoms with E-state index in [0.29, 0.717) is 49.7 Å². The number of likely N-dealkylation sites (tertiary alicyclic amines) is 1. The molecule has 0 radical (unpaired) electrons. The highest BCUT2D eigenvalue weighted by Crippen LogP contribution is 2.34. The molecule has 280 valence electrons. The molecule has 1 atom stereocenters. The predicted molar refractivity (Wildman–Crippen MR) is 199 cm³/mol. The average molecular weight is 724 g/mol. The number of benzene rings is 3. The highest BCUT2D eigenvalue weighted by molar-refractivity contribution is 5.97. The number of esters is 1. The lowest BCUT2D eigenvalue weighted by atomic mass is 9.80. The van der Waals surface area contributed by atoms with Gasteiger partial charge in [-0.15, -0.1) is 5.10 Å². The third-order valence-corrected chi connectivity index (χ3v) is 10.6. The predicted octanol–water partition coefficient (Wildman–Crippen LogP) is 3.41. The van der Waals surface area contributed by atoms with Crippen LogP contribution in [0, 0.1) is 0 Å². The maximum atomic E-state index is 13.9. The summed E-state index contributed by atoms with van der Waals surface area (Å²) in [6.45, 7) is 5.59. The van der Waals surface area contributed by atoms with Crippen LogP contribution in [0.1, 0.15) is 46.7 Å². The van der Waals surface area contributed by atoms with Gasteiger partial charge in [0.15, 0.2) is 0 Å². The summed E-state index contributed by atoms with van der Waals surface area (Å²) in [5.74, 6) is 0.164. The van der Waals surface area contributed by atoms with E-state index in [1.165, 1.54) is 23.7 Å². The van der Waals surface area contributed by atoms with Crippen molar-refractivity contribution in [1.29, 1.82) is 0 Å². The molecule has 14 nitrogen and oxygen atoms in total. The van der Waals surface area contributed by atoms with Gasteiger partial charge in [-0.3, -0.25) is 14.5 Å². The molecule has 1 aromatic heterocycles. The molecule has 2 aliphatic heterocycles. The minimum absolute atomic E-state index is 0.0722. The Morgan fingerprint density at radius 2 is 1.58 bits per heavy atom. The van der Waals surface area contributed by atoms with Crippen LogP contribution in [0.4, 0.5) is 4.79 Å². The highest BCUT2D eigenvalue weighted by atomic mass is 16.5. The Bertz CT molecular complexity index is 1790. The van der Waals surface area contributed by atoms with Gasteiger partial charge >= 0.3 is 12.0 Å². The Hall–Kier alpha value is -5.34. The summed E-state index contributed by atoms with van der Waals surface area (Å²) < 4.78 is 11.9. The fourth-order valence-corrected chi connectivity index (χ4v) is 7.37. The van der Waals surface area contributed by atoms with Crippen LogP contribution in [0.25, 0.3) is 5.69 Å². The van der Waals surface area contributed by atoms with E-state index >= 15 is 0 Å². The number of urea groups is 1. The monoisotopic (exact) mass is 723 g/mol. The van der Waals surface area contributed by atoms with E-state index in [-0.39, 0.29) is 30.4 Å². The largest absolute Gasteiger partial charge is 0.496 e. The summed E-state index contributed by atoms with van der Waals surface area (Å²) in [6.07, 6.45) is 3.89. The smallest absolute Gasteiger partial charge is 0.319 e. The van der Waals surface area contributed by atoms with Crippen molar-refractivity contribution in [1.82, 2.24) is 45.1 Å². The zero-order chi connectivity index (χ0) is 37.2. The molecule has 3 amide bonds. The average Bonchev–Trinajstić information content (AvgIpc) is 3.76. The molecular weight excluding hydrogens is 674 g/mol. The molecule has 2 fully saturated rings. The van der Waals surface area contributed by atoms with Crippen molar-refractivity contribution in [2.45, 2.75) is 30.7 Å². The minimum Gasteiger partial charge on any atom is -0.496 e. The number of aromatic nitrogens is 4. The summed E-state index contributed by atoms with van der Waals surface area (Å²) in [4.78, 5) is 47.5. The number of hydrogen-bond acceptors (Lipinski definition) is 10. The SMILES string of the molecule is COC(=O)CN1CCN(C(=O)NC2(c3ccccc3)CCN(CCC(CN(C)C(=O)c3cc(-n4cnnn4)ccc3OC)c3ccccc3)CC2)CC1. The number of likely N-dealkylation sites (N-methyl/N-ethyl adjacent to an activating group) is 1. The fourth-order valence-electron chi connectivity index (χ4n) is 7.37. The molecule has 1 N–H and O–H groups in total. The maximum absolute atomic E-state index is 13.9. The molecule has 3 heterocycles. The molecule has 4 aromatic rings. The minimum atomic E-state index is -0.487. The summed E-state index contributed by atoms with van der Waals surface area (Å²) in [6, 6.07) is 25.9. The van der Waals surface area contributed by atoms with Crippen molar-refractivity contribution in [2.24, 2.45) is 0 Å². The van der Waals surface area contributed by atoms with Crippen molar-refractivity contribution in [3.05, 3.63) is 102 Å². The summed E-state index contributed by atoms with van der Waals surface area (Å²) in [7, 11) is 4.78. The first kappa shape index (κ1) is 37.4. The van der Waals surface area contributed by atoms with Crippen molar-refractivity contribution < 1.29 is 23.9 Å². The van der Waals surface area contributed by atoms with Crippen LogP contribution in [0.3, 0.4) is 0 Å². The lowest BCUT2D eigenvalue weighted by molar-refractivity contribution is -0.142. The van der Waals surface area contributed by atoms with Gasteiger partial charge in [-0.2, -0.15) is 0 Å². The number of tetrazole rings is 1. The molecule has 0 aliphatic carbocycles. The number of ether oxygens (including phenoxy) is 2. The molecular formula is C39H49N9O5. The van der Waals surface area contributed by atoms with Gasteiger partial charge in [0.25, 0.3) is 5.91 Å². The van der Waals surface area contributed by atoms with E-state index in [4.69, 9.17) is 9.47 Å². The van der Waals surface area contributed by atoms with Crippen molar-refractivity contribution in [3.8, 4) is 11.4 Å². The summed E-state index contributed by atoms with van der Waals surface area (Å²) >= 11 is 0. The highest BCUT2D eigenvalue weighted by Gasteiger charge is 2.39. The Labute approximate surface area is 310 Å². The molecule has 2 saturated heterocycles. The number of piperidine rings is 1. The second-order valence-corrected chi connectivity index (χ2v) is 13.8. The second-order valence-electron chi connectivity index (χ2n) is 13.8. The topological polar surface area (TPSA) is 138 Å². The maximum Gasteiger partial charge on any atom is 0.319 e. The van der Waals surface area contributed by atoms with E-state index in [2.05, 4.69) is 50.0 Å². The van der Waals surface area contributed by atoms with Crippen molar-refractivity contribution >= 4 is 17.9 Å². The summed E-state index contributed by atoms with van der Waals surface area (Å²) in [5, 5.41) is 14.9. The van der Waals surface area contributed by atoms with Crippen molar-refractivity contribution in [2.75, 3.05) is 80.2 Å². The second kappa shape index (κ2) is 17.5. The normalized spacial score (nSPS) is 16.8. The quantitative estimate of drug-likeness (QED) is 0.204. The zero-order valence-corrected chi connectivity index (χ0v) is 30.8. The Balaban J connectivity index is 1.10. The third kappa shape index (κ3) is 9.18. The van der Waals surface area contributed by atoms with Gasteiger partial charge in [-0.05, 0) is 65.6 Å². The van der Waals surface area contributed by atoms with Gasteiger partial charge in [-0.25, -0.2) is 9.48 Å². The molecule has 14 heteroatoms. The first-order valence-corrected chi connectivity index (χ1v) is 18.1. The molecule has 53 heavy (non-hydrogen) atoms. The molecule has 0 bridgehead atoms. The van der Waals surface area contributed by atoms with Crippen LogP contribution < -0.4 is 10.1 Å². The van der Waals surface area contributed by atoms with E-state index < -0.39 is 5.54 Å².